The summed E-state index contributed by atoms with van der Waals surface area (Å²) in [5.74, 6) is 0. The van der Waals surface area contributed by atoms with E-state index in [4.69, 9.17) is 5.73 Å². The lowest BCUT2D eigenvalue weighted by Gasteiger charge is -2.19. The molecule has 2 heteroatoms. The molecule has 0 aliphatic rings. The van der Waals surface area contributed by atoms with Gasteiger partial charge in [-0.2, -0.15) is 0 Å². The number of anilines is 1. The quantitative estimate of drug-likeness (QED) is 0.870. The Balaban J connectivity index is 1.93. The van der Waals surface area contributed by atoms with Crippen molar-refractivity contribution >= 4 is 5.69 Å². The van der Waals surface area contributed by atoms with Crippen LogP contribution < -0.4 is 10.6 Å². The molecular formula is C16H20N2. The van der Waals surface area contributed by atoms with Gasteiger partial charge in [-0.1, -0.05) is 42.5 Å². The predicted octanol–water partition coefficient (Wildman–Crippen LogP) is 2.82. The van der Waals surface area contributed by atoms with Crippen LogP contribution in [-0.2, 0) is 13.0 Å². The molecule has 0 aliphatic heterocycles. The highest BCUT2D eigenvalue weighted by Crippen LogP contribution is 2.14. The van der Waals surface area contributed by atoms with Gasteiger partial charge in [0.1, 0.15) is 0 Å². The molecule has 0 saturated heterocycles. The van der Waals surface area contributed by atoms with Crippen molar-refractivity contribution in [2.75, 3.05) is 18.5 Å². The van der Waals surface area contributed by atoms with Crippen molar-refractivity contribution < 1.29 is 0 Å². The average molecular weight is 240 g/mol. The summed E-state index contributed by atoms with van der Waals surface area (Å²) in [7, 11) is 2.13. The second kappa shape index (κ2) is 6.22. The number of rotatable bonds is 5. The largest absolute Gasteiger partial charge is 0.374 e. The lowest BCUT2D eigenvalue weighted by Crippen LogP contribution is -2.20. The van der Waals surface area contributed by atoms with Gasteiger partial charge >= 0.3 is 0 Å². The Morgan fingerprint density at radius 2 is 1.56 bits per heavy atom. The Bertz CT molecular complexity index is 462. The highest BCUT2D eigenvalue weighted by molar-refractivity contribution is 5.47. The van der Waals surface area contributed by atoms with Gasteiger partial charge in [-0.15, -0.1) is 0 Å². The molecule has 2 aromatic rings. The number of benzene rings is 2. The summed E-state index contributed by atoms with van der Waals surface area (Å²) >= 11 is 0. The van der Waals surface area contributed by atoms with Crippen LogP contribution in [0.5, 0.6) is 0 Å². The van der Waals surface area contributed by atoms with Crippen LogP contribution in [0.1, 0.15) is 11.1 Å². The van der Waals surface area contributed by atoms with Crippen molar-refractivity contribution in [3.05, 3.63) is 65.7 Å². The fraction of sp³-hybridized carbons (Fsp3) is 0.250. The minimum Gasteiger partial charge on any atom is -0.374 e. The van der Waals surface area contributed by atoms with E-state index < -0.39 is 0 Å². The zero-order valence-corrected chi connectivity index (χ0v) is 10.8. The number of hydrogen-bond donors (Lipinski definition) is 1. The van der Waals surface area contributed by atoms with Crippen LogP contribution in [0, 0.1) is 0 Å². The average Bonchev–Trinajstić information content (AvgIpc) is 2.46. The monoisotopic (exact) mass is 240 g/mol. The molecule has 2 nitrogen and oxygen atoms in total. The van der Waals surface area contributed by atoms with Gasteiger partial charge in [0.05, 0.1) is 0 Å². The predicted molar refractivity (Wildman–Crippen MR) is 77.7 cm³/mol. The van der Waals surface area contributed by atoms with Crippen LogP contribution in [0.3, 0.4) is 0 Å². The van der Waals surface area contributed by atoms with Crippen LogP contribution in [0.2, 0.25) is 0 Å². The number of likely N-dealkylation sites (N-methyl/N-ethyl adjacent to an activating group) is 1. The molecule has 0 aliphatic carbocycles. The molecule has 0 atom stereocenters. The lowest BCUT2D eigenvalue weighted by molar-refractivity contribution is 0.876. The second-order valence-corrected chi connectivity index (χ2v) is 4.53. The first-order chi connectivity index (χ1) is 8.79. The number of nitrogens with two attached hydrogens (primary N) is 1. The van der Waals surface area contributed by atoms with Gasteiger partial charge in [-0.3, -0.25) is 0 Å². The zero-order valence-electron chi connectivity index (χ0n) is 10.8. The molecule has 0 spiro atoms. The van der Waals surface area contributed by atoms with E-state index in [9.17, 15) is 0 Å². The molecule has 2 N–H and O–H groups in total. The van der Waals surface area contributed by atoms with Gasteiger partial charge in [-0.05, 0) is 29.7 Å². The van der Waals surface area contributed by atoms with Crippen LogP contribution >= 0.6 is 0 Å². The van der Waals surface area contributed by atoms with Gasteiger partial charge in [-0.25, -0.2) is 0 Å². The summed E-state index contributed by atoms with van der Waals surface area (Å²) in [6, 6.07) is 19.0. The SMILES string of the molecule is CN(CCc1ccccc1)c1ccc(CN)cc1. The molecule has 0 fully saturated rings. The number of hydrogen-bond acceptors (Lipinski definition) is 2. The first-order valence-electron chi connectivity index (χ1n) is 6.33. The van der Waals surface area contributed by atoms with Gasteiger partial charge in [0.15, 0.2) is 0 Å². The van der Waals surface area contributed by atoms with Crippen molar-refractivity contribution in [3.63, 3.8) is 0 Å². The van der Waals surface area contributed by atoms with Crippen molar-refractivity contribution in [1.29, 1.82) is 0 Å². The third-order valence-electron chi connectivity index (χ3n) is 3.19. The fourth-order valence-corrected chi connectivity index (χ4v) is 1.96. The van der Waals surface area contributed by atoms with E-state index in [0.717, 1.165) is 13.0 Å². The van der Waals surface area contributed by atoms with Crippen molar-refractivity contribution in [2.45, 2.75) is 13.0 Å². The highest BCUT2D eigenvalue weighted by Gasteiger charge is 2.01. The van der Waals surface area contributed by atoms with E-state index in [1.54, 1.807) is 0 Å². The maximum Gasteiger partial charge on any atom is 0.0363 e. The molecule has 0 unspecified atom stereocenters. The standard InChI is InChI=1S/C16H20N2/c1-18(12-11-14-5-3-2-4-6-14)16-9-7-15(13-17)8-10-16/h2-10H,11-13,17H2,1H3. The Morgan fingerprint density at radius 3 is 2.17 bits per heavy atom. The minimum absolute atomic E-state index is 0.605. The minimum atomic E-state index is 0.605. The van der Waals surface area contributed by atoms with Gasteiger partial charge < -0.3 is 10.6 Å². The van der Waals surface area contributed by atoms with E-state index >= 15 is 0 Å². The van der Waals surface area contributed by atoms with Crippen molar-refractivity contribution in [2.24, 2.45) is 5.73 Å². The molecule has 94 valence electrons. The maximum atomic E-state index is 5.60. The summed E-state index contributed by atoms with van der Waals surface area (Å²) in [5.41, 5.74) is 9.39. The van der Waals surface area contributed by atoms with Gasteiger partial charge in [0.25, 0.3) is 0 Å². The van der Waals surface area contributed by atoms with Crippen molar-refractivity contribution in [3.8, 4) is 0 Å². The van der Waals surface area contributed by atoms with Crippen LogP contribution in [-0.4, -0.2) is 13.6 Å². The molecule has 18 heavy (non-hydrogen) atoms. The Morgan fingerprint density at radius 1 is 0.889 bits per heavy atom. The topological polar surface area (TPSA) is 29.3 Å². The first-order valence-corrected chi connectivity index (χ1v) is 6.33. The van der Waals surface area contributed by atoms with E-state index in [2.05, 4.69) is 66.5 Å². The van der Waals surface area contributed by atoms with Gasteiger partial charge in [0.2, 0.25) is 0 Å². The summed E-state index contributed by atoms with van der Waals surface area (Å²) < 4.78 is 0. The van der Waals surface area contributed by atoms with E-state index in [-0.39, 0.29) is 0 Å². The van der Waals surface area contributed by atoms with Crippen LogP contribution in [0.15, 0.2) is 54.6 Å². The van der Waals surface area contributed by atoms with Crippen molar-refractivity contribution in [1.82, 2.24) is 0 Å². The fourth-order valence-electron chi connectivity index (χ4n) is 1.96. The normalized spacial score (nSPS) is 10.3. The smallest absolute Gasteiger partial charge is 0.0363 e. The molecule has 0 heterocycles. The second-order valence-electron chi connectivity index (χ2n) is 4.53. The first kappa shape index (κ1) is 12.7. The molecule has 0 aromatic heterocycles. The van der Waals surface area contributed by atoms with E-state index in [1.165, 1.54) is 16.8 Å². The summed E-state index contributed by atoms with van der Waals surface area (Å²) in [6.07, 6.45) is 1.07. The Hall–Kier alpha value is -1.80. The Labute approximate surface area is 109 Å². The number of nitrogens with zero attached hydrogens (tertiary/aromatic N) is 1. The third kappa shape index (κ3) is 3.34. The maximum absolute atomic E-state index is 5.60. The van der Waals surface area contributed by atoms with Crippen LogP contribution in [0.4, 0.5) is 5.69 Å². The molecule has 0 radical (unpaired) electrons. The lowest BCUT2D eigenvalue weighted by atomic mass is 10.1. The molecule has 0 saturated carbocycles. The van der Waals surface area contributed by atoms with E-state index in [0.29, 0.717) is 6.54 Å². The van der Waals surface area contributed by atoms with Gasteiger partial charge in [0, 0.05) is 25.8 Å². The summed E-state index contributed by atoms with van der Waals surface area (Å²) in [4.78, 5) is 2.27. The molecule has 2 rings (SSSR count). The highest BCUT2D eigenvalue weighted by atomic mass is 15.1. The van der Waals surface area contributed by atoms with Crippen LogP contribution in [0.25, 0.3) is 0 Å². The zero-order chi connectivity index (χ0) is 12.8. The molecule has 2 aromatic carbocycles. The molecule has 0 bridgehead atoms. The third-order valence-corrected chi connectivity index (χ3v) is 3.19. The summed E-state index contributed by atoms with van der Waals surface area (Å²) in [5, 5.41) is 0. The molecule has 0 amide bonds. The Kier molecular flexibility index (Phi) is 4.37. The molecular weight excluding hydrogens is 220 g/mol. The van der Waals surface area contributed by atoms with E-state index in [1.807, 2.05) is 0 Å². The summed E-state index contributed by atoms with van der Waals surface area (Å²) in [6.45, 7) is 1.62.